The topological polar surface area (TPSA) is 137 Å². The number of amides is 2. The van der Waals surface area contributed by atoms with Crippen LogP contribution in [0, 0.1) is 0 Å². The van der Waals surface area contributed by atoms with E-state index in [0.29, 0.717) is 27.6 Å². The zero-order chi connectivity index (χ0) is 29.3. The highest BCUT2D eigenvalue weighted by atomic mass is 32.2. The lowest BCUT2D eigenvalue weighted by molar-refractivity contribution is -0.197. The van der Waals surface area contributed by atoms with Gasteiger partial charge in [0.1, 0.15) is 16.6 Å². The summed E-state index contributed by atoms with van der Waals surface area (Å²) in [5.41, 5.74) is 1.97. The van der Waals surface area contributed by atoms with Gasteiger partial charge in [-0.2, -0.15) is 8.42 Å². The first-order chi connectivity index (χ1) is 19.6. The zero-order valence-corrected chi connectivity index (χ0v) is 22.4. The lowest BCUT2D eigenvalue weighted by Gasteiger charge is -2.34. The number of carbonyl (C=O) groups is 4. The summed E-state index contributed by atoms with van der Waals surface area (Å²) in [7, 11) is -2.82. The molecule has 5 rings (SSSR count). The van der Waals surface area contributed by atoms with Crippen LogP contribution in [0.5, 0.6) is 5.75 Å². The fourth-order valence-electron chi connectivity index (χ4n) is 4.88. The van der Waals surface area contributed by atoms with Crippen molar-refractivity contribution in [1.82, 2.24) is 5.06 Å². The van der Waals surface area contributed by atoms with Crippen LogP contribution in [0.1, 0.15) is 41.9 Å². The first-order valence-corrected chi connectivity index (χ1v) is 13.9. The summed E-state index contributed by atoms with van der Waals surface area (Å²) >= 11 is 0. The summed E-state index contributed by atoms with van der Waals surface area (Å²) in [5, 5.41) is 0.473. The van der Waals surface area contributed by atoms with E-state index >= 15 is 0 Å². The Morgan fingerprint density at radius 2 is 1.59 bits per heavy atom. The second-order valence-corrected chi connectivity index (χ2v) is 10.9. The average Bonchev–Trinajstić information content (AvgIpc) is 3.28. The fourth-order valence-corrected chi connectivity index (χ4v) is 6.07. The van der Waals surface area contributed by atoms with E-state index < -0.39 is 39.8 Å². The van der Waals surface area contributed by atoms with E-state index in [0.717, 1.165) is 0 Å². The molecule has 0 N–H and O–H groups in total. The van der Waals surface area contributed by atoms with Crippen LogP contribution >= 0.6 is 0 Å². The number of fused-ring (bicyclic) bond motifs is 2. The molecule has 11 nitrogen and oxygen atoms in total. The van der Waals surface area contributed by atoms with Crippen LogP contribution < -0.4 is 9.08 Å². The molecule has 1 unspecified atom stereocenters. The summed E-state index contributed by atoms with van der Waals surface area (Å²) in [5.74, 6) is -4.58. The van der Waals surface area contributed by atoms with E-state index in [1.54, 1.807) is 42.3 Å². The maximum atomic E-state index is 13.5. The minimum absolute atomic E-state index is 0.00709. The van der Waals surface area contributed by atoms with Crippen LogP contribution in [0.25, 0.3) is 0 Å². The number of imide groups is 1. The molecule has 1 saturated heterocycles. The van der Waals surface area contributed by atoms with Gasteiger partial charge in [0.05, 0.1) is 6.42 Å². The second kappa shape index (κ2) is 11.0. The number of hydrogen-bond acceptors (Lipinski definition) is 10. The molecule has 1 atom stereocenters. The third-order valence-electron chi connectivity index (χ3n) is 6.83. The molecule has 2 aliphatic rings. The van der Waals surface area contributed by atoms with E-state index in [1.165, 1.54) is 36.4 Å². The Hall–Kier alpha value is -4.78. The minimum atomic E-state index is -4.52. The standard InChI is InChI=1S/C28H23FN2O9S/c1-30-20-6-3-2-5-19(20)26(28(35)38-29)27-21(30)7-4-8-22(27)41(36,37)40-18-12-9-17(10-13-18)11-16-25(34)39-31-23(32)14-15-24(31)33/h2-10,12-13,26H,11,14-16H2,1H3. The first-order valence-electron chi connectivity index (χ1n) is 12.5. The third kappa shape index (κ3) is 5.35. The minimum Gasteiger partial charge on any atom is -0.379 e. The van der Waals surface area contributed by atoms with Crippen molar-refractivity contribution in [2.75, 3.05) is 11.9 Å². The Balaban J connectivity index is 1.34. The summed E-state index contributed by atoms with van der Waals surface area (Å²) in [4.78, 5) is 57.6. The van der Waals surface area contributed by atoms with Crippen molar-refractivity contribution in [3.63, 3.8) is 0 Å². The smallest absolute Gasteiger partial charge is 0.360 e. The number of hydroxylamine groups is 2. The van der Waals surface area contributed by atoms with Gasteiger partial charge >= 0.3 is 22.1 Å². The number of anilines is 2. The van der Waals surface area contributed by atoms with Crippen LogP contribution in [0.4, 0.5) is 15.9 Å². The lowest BCUT2D eigenvalue weighted by atomic mass is 9.85. The molecule has 3 aromatic rings. The van der Waals surface area contributed by atoms with Crippen LogP contribution in [0.2, 0.25) is 0 Å². The van der Waals surface area contributed by atoms with Gasteiger partial charge in [0.25, 0.3) is 11.8 Å². The molecule has 2 heterocycles. The van der Waals surface area contributed by atoms with Crippen molar-refractivity contribution in [3.05, 3.63) is 83.4 Å². The normalized spacial score (nSPS) is 16.2. The van der Waals surface area contributed by atoms with Gasteiger partial charge in [-0.15, -0.1) is 5.06 Å². The maximum Gasteiger partial charge on any atom is 0.360 e. The summed E-state index contributed by atoms with van der Waals surface area (Å²) in [6.07, 6.45) is 0.0412. The third-order valence-corrected chi connectivity index (χ3v) is 8.14. The Kier molecular flexibility index (Phi) is 7.45. The van der Waals surface area contributed by atoms with Gasteiger partial charge in [-0.25, -0.2) is 9.59 Å². The second-order valence-electron chi connectivity index (χ2n) is 9.36. The van der Waals surface area contributed by atoms with Gasteiger partial charge in [0.2, 0.25) is 0 Å². The number of benzene rings is 3. The van der Waals surface area contributed by atoms with Crippen LogP contribution in [-0.4, -0.2) is 44.3 Å². The molecule has 0 saturated carbocycles. The monoisotopic (exact) mass is 582 g/mol. The number of hydrogen-bond donors (Lipinski definition) is 0. The highest BCUT2D eigenvalue weighted by Gasteiger charge is 2.40. The maximum absolute atomic E-state index is 13.5. The summed E-state index contributed by atoms with van der Waals surface area (Å²) < 4.78 is 45.5. The van der Waals surface area contributed by atoms with Crippen molar-refractivity contribution in [1.29, 1.82) is 0 Å². The lowest BCUT2D eigenvalue weighted by Crippen LogP contribution is -2.32. The van der Waals surface area contributed by atoms with E-state index in [2.05, 4.69) is 4.94 Å². The van der Waals surface area contributed by atoms with E-state index in [-0.39, 0.29) is 41.9 Å². The van der Waals surface area contributed by atoms with Crippen molar-refractivity contribution in [3.8, 4) is 5.75 Å². The zero-order valence-electron chi connectivity index (χ0n) is 21.6. The van der Waals surface area contributed by atoms with Crippen molar-refractivity contribution in [2.24, 2.45) is 0 Å². The molecule has 0 bridgehead atoms. The number of halogens is 1. The highest BCUT2D eigenvalue weighted by Crippen LogP contribution is 2.47. The summed E-state index contributed by atoms with van der Waals surface area (Å²) in [6, 6.07) is 16.9. The van der Waals surface area contributed by atoms with Gasteiger partial charge in [-0.1, -0.05) is 36.4 Å². The van der Waals surface area contributed by atoms with E-state index in [4.69, 9.17) is 9.02 Å². The summed E-state index contributed by atoms with van der Waals surface area (Å²) in [6.45, 7) is 0. The van der Waals surface area contributed by atoms with Crippen molar-refractivity contribution < 1.29 is 46.1 Å². The Bertz CT molecular complexity index is 1640. The molecule has 0 aliphatic carbocycles. The molecule has 0 radical (unpaired) electrons. The van der Waals surface area contributed by atoms with Gasteiger partial charge in [0, 0.05) is 41.4 Å². The Morgan fingerprint density at radius 1 is 0.927 bits per heavy atom. The predicted octanol–water partition coefficient (Wildman–Crippen LogP) is 3.64. The highest BCUT2D eigenvalue weighted by molar-refractivity contribution is 7.87. The molecule has 0 spiro atoms. The van der Waals surface area contributed by atoms with E-state index in [9.17, 15) is 32.1 Å². The number of rotatable bonds is 8. The fraction of sp³-hybridized carbons (Fsp3) is 0.214. The van der Waals surface area contributed by atoms with Crippen molar-refractivity contribution in [2.45, 2.75) is 36.5 Å². The van der Waals surface area contributed by atoms with Gasteiger partial charge in [-0.05, 0) is 47.9 Å². The average molecular weight is 583 g/mol. The molecular weight excluding hydrogens is 559 g/mol. The quantitative estimate of drug-likeness (QED) is 0.286. The molecule has 41 heavy (non-hydrogen) atoms. The largest absolute Gasteiger partial charge is 0.379 e. The first kappa shape index (κ1) is 27.8. The van der Waals surface area contributed by atoms with Gasteiger partial charge in [0.15, 0.2) is 0 Å². The van der Waals surface area contributed by atoms with E-state index in [1.807, 2.05) is 0 Å². The molecular formula is C28H23FN2O9S. The van der Waals surface area contributed by atoms with Gasteiger partial charge < -0.3 is 13.9 Å². The SMILES string of the molecule is CN1c2ccccc2C(C(=O)OF)c2c1cccc2S(=O)(=O)Oc1ccc(CCC(=O)ON2C(=O)CCC2=O)cc1. The van der Waals surface area contributed by atoms with Crippen LogP contribution in [0.15, 0.2) is 71.6 Å². The molecule has 2 aliphatic heterocycles. The Morgan fingerprint density at radius 3 is 2.27 bits per heavy atom. The molecule has 0 aromatic heterocycles. The van der Waals surface area contributed by atoms with Crippen LogP contribution in [0.3, 0.4) is 0 Å². The molecule has 212 valence electrons. The molecule has 13 heteroatoms. The van der Waals surface area contributed by atoms with Crippen molar-refractivity contribution >= 4 is 45.2 Å². The number of para-hydroxylation sites is 1. The number of nitrogens with zero attached hydrogens (tertiary/aromatic N) is 2. The van der Waals surface area contributed by atoms with Gasteiger partial charge in [-0.3, -0.25) is 14.5 Å². The number of aryl methyl sites for hydroxylation is 1. The number of carbonyl (C=O) groups excluding carboxylic acids is 4. The molecule has 2 amide bonds. The van der Waals surface area contributed by atoms with Crippen LogP contribution in [-0.2, 0) is 45.5 Å². The molecule has 3 aromatic carbocycles. The Labute approximate surface area is 234 Å². The molecule has 1 fully saturated rings. The predicted molar refractivity (Wildman–Crippen MR) is 140 cm³/mol.